The van der Waals surface area contributed by atoms with Gasteiger partial charge in [0.2, 0.25) is 0 Å². The lowest BCUT2D eigenvalue weighted by molar-refractivity contribution is 0.415. The van der Waals surface area contributed by atoms with Gasteiger partial charge in [0.15, 0.2) is 0 Å². The Kier molecular flexibility index (Phi) is 3.55. The van der Waals surface area contributed by atoms with Crippen LogP contribution in [0.1, 0.15) is 11.3 Å². The molecular formula is C18H17NO. The molecule has 2 heteroatoms. The van der Waals surface area contributed by atoms with Gasteiger partial charge in [0.1, 0.15) is 5.75 Å². The van der Waals surface area contributed by atoms with E-state index in [2.05, 4.69) is 53.5 Å². The first-order valence-corrected chi connectivity index (χ1v) is 6.71. The maximum absolute atomic E-state index is 5.18. The highest BCUT2D eigenvalue weighted by Gasteiger charge is 2.03. The van der Waals surface area contributed by atoms with Gasteiger partial charge in [0.05, 0.1) is 7.11 Å². The van der Waals surface area contributed by atoms with Gasteiger partial charge in [-0.3, -0.25) is 0 Å². The van der Waals surface area contributed by atoms with Gasteiger partial charge in [-0.1, -0.05) is 30.3 Å². The van der Waals surface area contributed by atoms with E-state index in [4.69, 9.17) is 4.74 Å². The van der Waals surface area contributed by atoms with Gasteiger partial charge >= 0.3 is 0 Å². The summed E-state index contributed by atoms with van der Waals surface area (Å²) in [6.45, 7) is 0. The highest BCUT2D eigenvalue weighted by atomic mass is 16.5. The smallest absolute Gasteiger partial charge is 0.118 e. The van der Waals surface area contributed by atoms with Gasteiger partial charge < -0.3 is 9.72 Å². The van der Waals surface area contributed by atoms with Crippen molar-refractivity contribution in [3.8, 4) is 17.0 Å². The van der Waals surface area contributed by atoms with Crippen LogP contribution in [0.25, 0.3) is 11.3 Å². The summed E-state index contributed by atoms with van der Waals surface area (Å²) >= 11 is 0. The number of nitrogens with one attached hydrogen (secondary N) is 1. The van der Waals surface area contributed by atoms with Crippen molar-refractivity contribution in [2.75, 3.05) is 7.11 Å². The quantitative estimate of drug-likeness (QED) is 0.746. The van der Waals surface area contributed by atoms with Crippen molar-refractivity contribution in [3.63, 3.8) is 0 Å². The van der Waals surface area contributed by atoms with Crippen LogP contribution in [0.15, 0.2) is 66.7 Å². The summed E-state index contributed by atoms with van der Waals surface area (Å²) in [5, 5.41) is 0. The number of benzene rings is 2. The summed E-state index contributed by atoms with van der Waals surface area (Å²) in [4.78, 5) is 3.47. The molecular weight excluding hydrogens is 246 g/mol. The molecule has 2 aromatic carbocycles. The number of hydrogen-bond acceptors (Lipinski definition) is 1. The average Bonchev–Trinajstić information content (AvgIpc) is 2.97. The summed E-state index contributed by atoms with van der Waals surface area (Å²) in [6.07, 6.45) is 0.928. The summed E-state index contributed by atoms with van der Waals surface area (Å²) in [5.74, 6) is 0.879. The van der Waals surface area contributed by atoms with E-state index in [-0.39, 0.29) is 0 Å². The zero-order valence-electron chi connectivity index (χ0n) is 11.5. The molecule has 20 heavy (non-hydrogen) atoms. The number of rotatable bonds is 4. The third-order valence-corrected chi connectivity index (χ3v) is 3.38. The standard InChI is InChI=1S/C18H17NO/c1-20-17-10-7-15(8-11-17)18-12-9-16(19-18)13-14-5-3-2-4-6-14/h2-12,19H,13H2,1H3. The van der Waals surface area contributed by atoms with E-state index in [1.165, 1.54) is 16.8 Å². The molecule has 1 aromatic heterocycles. The van der Waals surface area contributed by atoms with E-state index < -0.39 is 0 Å². The molecule has 0 aliphatic heterocycles. The van der Waals surface area contributed by atoms with Crippen molar-refractivity contribution in [3.05, 3.63) is 78.0 Å². The summed E-state index contributed by atoms with van der Waals surface area (Å²) in [7, 11) is 1.68. The molecule has 1 N–H and O–H groups in total. The molecule has 0 saturated heterocycles. The number of hydrogen-bond donors (Lipinski definition) is 1. The van der Waals surface area contributed by atoms with Crippen molar-refractivity contribution in [1.29, 1.82) is 0 Å². The monoisotopic (exact) mass is 263 g/mol. The van der Waals surface area contributed by atoms with Crippen LogP contribution in [0.3, 0.4) is 0 Å². The minimum atomic E-state index is 0.879. The Morgan fingerprint density at radius 2 is 1.60 bits per heavy atom. The Morgan fingerprint density at radius 1 is 0.850 bits per heavy atom. The van der Waals surface area contributed by atoms with E-state index in [1.54, 1.807) is 7.11 Å². The topological polar surface area (TPSA) is 25.0 Å². The lowest BCUT2D eigenvalue weighted by Gasteiger charge is -2.02. The van der Waals surface area contributed by atoms with E-state index in [1.807, 2.05) is 18.2 Å². The molecule has 100 valence electrons. The molecule has 3 aromatic rings. The molecule has 0 saturated carbocycles. The Hall–Kier alpha value is -2.48. The first kappa shape index (κ1) is 12.5. The fraction of sp³-hybridized carbons (Fsp3) is 0.111. The van der Waals surface area contributed by atoms with E-state index >= 15 is 0 Å². The molecule has 0 amide bonds. The van der Waals surface area contributed by atoms with Crippen molar-refractivity contribution in [1.82, 2.24) is 4.98 Å². The number of aromatic nitrogens is 1. The minimum absolute atomic E-state index is 0.879. The van der Waals surface area contributed by atoms with E-state index in [0.717, 1.165) is 17.9 Å². The maximum Gasteiger partial charge on any atom is 0.118 e. The van der Waals surface area contributed by atoms with E-state index in [0.29, 0.717) is 0 Å². The largest absolute Gasteiger partial charge is 0.497 e. The van der Waals surface area contributed by atoms with Crippen molar-refractivity contribution in [2.45, 2.75) is 6.42 Å². The Morgan fingerprint density at radius 3 is 2.30 bits per heavy atom. The summed E-state index contributed by atoms with van der Waals surface area (Å²) in [6, 6.07) is 22.8. The third kappa shape index (κ3) is 2.75. The molecule has 0 bridgehead atoms. The number of ether oxygens (including phenoxy) is 1. The summed E-state index contributed by atoms with van der Waals surface area (Å²) in [5.41, 5.74) is 4.85. The van der Waals surface area contributed by atoms with Crippen molar-refractivity contribution in [2.24, 2.45) is 0 Å². The first-order chi connectivity index (χ1) is 9.85. The third-order valence-electron chi connectivity index (χ3n) is 3.38. The van der Waals surface area contributed by atoms with Crippen LogP contribution in [-0.4, -0.2) is 12.1 Å². The second kappa shape index (κ2) is 5.66. The molecule has 0 radical (unpaired) electrons. The predicted molar refractivity (Wildman–Crippen MR) is 82.0 cm³/mol. The minimum Gasteiger partial charge on any atom is -0.497 e. The molecule has 2 nitrogen and oxygen atoms in total. The Bertz CT molecular complexity index is 668. The molecule has 0 unspecified atom stereocenters. The second-order valence-corrected chi connectivity index (χ2v) is 4.79. The van der Waals surface area contributed by atoms with Gasteiger partial charge in [0.25, 0.3) is 0 Å². The van der Waals surface area contributed by atoms with Gasteiger partial charge in [-0.05, 0) is 47.5 Å². The van der Waals surface area contributed by atoms with Gasteiger partial charge in [-0.2, -0.15) is 0 Å². The van der Waals surface area contributed by atoms with Crippen LogP contribution >= 0.6 is 0 Å². The van der Waals surface area contributed by atoms with Crippen LogP contribution in [0.4, 0.5) is 0 Å². The van der Waals surface area contributed by atoms with Crippen LogP contribution in [-0.2, 0) is 6.42 Å². The second-order valence-electron chi connectivity index (χ2n) is 4.79. The Labute approximate surface area is 119 Å². The normalized spacial score (nSPS) is 10.4. The van der Waals surface area contributed by atoms with E-state index in [9.17, 15) is 0 Å². The highest BCUT2D eigenvalue weighted by molar-refractivity contribution is 5.61. The first-order valence-electron chi connectivity index (χ1n) is 6.71. The molecule has 0 aliphatic carbocycles. The fourth-order valence-electron chi connectivity index (χ4n) is 2.30. The van der Waals surface area contributed by atoms with Gasteiger partial charge in [0, 0.05) is 17.8 Å². The number of methoxy groups -OCH3 is 1. The number of aromatic amines is 1. The highest BCUT2D eigenvalue weighted by Crippen LogP contribution is 2.22. The fourth-order valence-corrected chi connectivity index (χ4v) is 2.30. The van der Waals surface area contributed by atoms with Gasteiger partial charge in [-0.25, -0.2) is 0 Å². The van der Waals surface area contributed by atoms with Crippen LogP contribution < -0.4 is 4.74 Å². The van der Waals surface area contributed by atoms with Crippen molar-refractivity contribution < 1.29 is 4.74 Å². The Balaban J connectivity index is 1.79. The maximum atomic E-state index is 5.18. The lowest BCUT2D eigenvalue weighted by Crippen LogP contribution is -1.88. The van der Waals surface area contributed by atoms with Crippen LogP contribution in [0.2, 0.25) is 0 Å². The molecule has 0 atom stereocenters. The number of H-pyrrole nitrogens is 1. The molecule has 0 aliphatic rings. The van der Waals surface area contributed by atoms with Crippen LogP contribution in [0, 0.1) is 0 Å². The summed E-state index contributed by atoms with van der Waals surface area (Å²) < 4.78 is 5.18. The lowest BCUT2D eigenvalue weighted by atomic mass is 10.1. The SMILES string of the molecule is COc1ccc(-c2ccc(Cc3ccccc3)[nH]2)cc1. The molecule has 1 heterocycles. The van der Waals surface area contributed by atoms with Crippen molar-refractivity contribution >= 4 is 0 Å². The zero-order chi connectivity index (χ0) is 13.8. The average molecular weight is 263 g/mol. The molecule has 0 fully saturated rings. The zero-order valence-corrected chi connectivity index (χ0v) is 11.5. The molecule has 0 spiro atoms. The predicted octanol–water partition coefficient (Wildman–Crippen LogP) is 4.28. The van der Waals surface area contributed by atoms with Gasteiger partial charge in [-0.15, -0.1) is 0 Å². The molecule has 3 rings (SSSR count). The van der Waals surface area contributed by atoms with Crippen LogP contribution in [0.5, 0.6) is 5.75 Å².